The third-order valence-corrected chi connectivity index (χ3v) is 6.88. The molecule has 9 nitrogen and oxygen atoms in total. The Hall–Kier alpha value is -1.95. The summed E-state index contributed by atoms with van der Waals surface area (Å²) in [5.74, 6) is -0.388. The smallest absolute Gasteiger partial charge is 0.417 e. The summed E-state index contributed by atoms with van der Waals surface area (Å²) in [6.45, 7) is 7.66. The molecule has 3 amide bonds. The first-order valence-corrected chi connectivity index (χ1v) is 15.9. The molecule has 1 N–H and O–H groups in total. The Morgan fingerprint density at radius 3 is 1.90 bits per heavy atom. The minimum Gasteiger partial charge on any atom is -1.00 e. The number of hydrogen-bond donors (Lipinski definition) is 1. The molecule has 0 saturated carbocycles. The quantitative estimate of drug-likeness (QED) is 0.100. The zero-order valence-electron chi connectivity index (χ0n) is 26.4. The van der Waals surface area contributed by atoms with Crippen LogP contribution < -0.4 is 33.9 Å². The summed E-state index contributed by atoms with van der Waals surface area (Å²) < 4.78 is 17.7. The van der Waals surface area contributed by atoms with Gasteiger partial charge in [-0.3, -0.25) is 4.79 Å². The van der Waals surface area contributed by atoms with E-state index in [-0.39, 0.29) is 62.9 Å². The van der Waals surface area contributed by atoms with Crippen LogP contribution >= 0.6 is 0 Å². The van der Waals surface area contributed by atoms with E-state index in [1.165, 1.54) is 77.6 Å². The summed E-state index contributed by atoms with van der Waals surface area (Å²) in [7, 11) is 0. The van der Waals surface area contributed by atoms with Gasteiger partial charge in [-0.15, -0.1) is 0 Å². The molecule has 0 unspecified atom stereocenters. The Morgan fingerprint density at radius 2 is 1.33 bits per heavy atom. The fourth-order valence-corrected chi connectivity index (χ4v) is 4.53. The lowest BCUT2D eigenvalue weighted by atomic mass is 10.0. The molecule has 0 fully saturated rings. The van der Waals surface area contributed by atoms with Crippen LogP contribution in [0.4, 0.5) is 9.59 Å². The lowest BCUT2D eigenvalue weighted by Gasteiger charge is -2.18. The van der Waals surface area contributed by atoms with Gasteiger partial charge in [0, 0.05) is 32.0 Å². The van der Waals surface area contributed by atoms with Gasteiger partial charge in [0.1, 0.15) is 26.3 Å². The molecule has 0 aromatic carbocycles. The number of amides is 3. The molecule has 0 aliphatic heterocycles. The highest BCUT2D eigenvalue weighted by Gasteiger charge is 2.24. The van der Waals surface area contributed by atoms with Crippen LogP contribution in [0.1, 0.15) is 116 Å². The molecule has 1 heterocycles. The van der Waals surface area contributed by atoms with E-state index >= 15 is 0 Å². The van der Waals surface area contributed by atoms with Gasteiger partial charge >= 0.3 is 12.2 Å². The van der Waals surface area contributed by atoms with Crippen LogP contribution in [0.15, 0.2) is 24.4 Å². The first-order chi connectivity index (χ1) is 20.0. The molecule has 0 atom stereocenters. The topological polar surface area (TPSA) is 98.1 Å². The van der Waals surface area contributed by atoms with Gasteiger partial charge in [0.2, 0.25) is 11.6 Å². The summed E-state index contributed by atoms with van der Waals surface area (Å²) in [5, 5.41) is 2.77. The Morgan fingerprint density at radius 1 is 0.762 bits per heavy atom. The number of halogens is 1. The fourth-order valence-electron chi connectivity index (χ4n) is 4.53. The third kappa shape index (κ3) is 20.9. The van der Waals surface area contributed by atoms with Gasteiger partial charge in [-0.1, -0.05) is 97.0 Å². The zero-order chi connectivity index (χ0) is 30.0. The standard InChI is InChI=1S/C32H55N3O6.HI/c1-4-6-7-8-9-10-11-12-13-14-15-16-18-21-33-31(37)40-26-24-39-25-27-41-32(38)35(29(3)36)28-30-20-17-19-23-34(30)22-5-2;/h17,19-20,23H,4-16,18,21-22,24-28H2,1-3H3;1H. The van der Waals surface area contributed by atoms with E-state index in [4.69, 9.17) is 14.2 Å². The highest BCUT2D eigenvalue weighted by Crippen LogP contribution is 2.12. The van der Waals surface area contributed by atoms with E-state index in [0.29, 0.717) is 6.54 Å². The minimum atomic E-state index is -0.711. The number of rotatable bonds is 24. The Bertz CT molecular complexity index is 842. The van der Waals surface area contributed by atoms with Gasteiger partial charge in [0.25, 0.3) is 0 Å². The van der Waals surface area contributed by atoms with Crippen LogP contribution in [0.5, 0.6) is 0 Å². The highest BCUT2D eigenvalue weighted by molar-refractivity contribution is 5.90. The lowest BCUT2D eigenvalue weighted by Crippen LogP contribution is -3.00. The van der Waals surface area contributed by atoms with Crippen molar-refractivity contribution in [2.45, 2.75) is 124 Å². The maximum absolute atomic E-state index is 12.5. The number of unbranched alkanes of at least 4 members (excludes halogenated alkanes) is 12. The van der Waals surface area contributed by atoms with Crippen molar-refractivity contribution in [2.75, 3.05) is 33.0 Å². The van der Waals surface area contributed by atoms with Crippen molar-refractivity contribution in [3.8, 4) is 0 Å². The Balaban J connectivity index is 0.0000168. The van der Waals surface area contributed by atoms with Crippen molar-refractivity contribution < 1.29 is 57.1 Å². The number of ether oxygens (including phenoxy) is 3. The normalized spacial score (nSPS) is 10.5. The molecule has 0 bridgehead atoms. The molecule has 242 valence electrons. The van der Waals surface area contributed by atoms with E-state index < -0.39 is 12.2 Å². The number of aryl methyl sites for hydroxylation is 1. The molecule has 1 aromatic rings. The third-order valence-electron chi connectivity index (χ3n) is 6.88. The predicted octanol–water partition coefficient (Wildman–Crippen LogP) is 3.71. The molecule has 0 saturated heterocycles. The molecule has 0 spiro atoms. The average molecular weight is 706 g/mol. The molecule has 1 aromatic heterocycles. The van der Waals surface area contributed by atoms with Gasteiger partial charge in [0.15, 0.2) is 6.20 Å². The second-order valence-corrected chi connectivity index (χ2v) is 10.5. The number of carbonyl (C=O) groups is 3. The molecule has 42 heavy (non-hydrogen) atoms. The number of imide groups is 1. The molecule has 0 aliphatic rings. The number of carbonyl (C=O) groups excluding carboxylic acids is 3. The second kappa shape index (κ2) is 27.9. The SMILES string of the molecule is CCCCCCCCCCCCCCCNC(=O)OCCOCCOC(=O)N(Cc1cccc[n+]1CCC)C(C)=O.[I-]. The van der Waals surface area contributed by atoms with Gasteiger partial charge in [-0.2, -0.15) is 0 Å². The van der Waals surface area contributed by atoms with Gasteiger partial charge in [0.05, 0.1) is 13.2 Å². The van der Waals surface area contributed by atoms with Crippen LogP contribution in [0.3, 0.4) is 0 Å². The minimum absolute atomic E-state index is 0. The maximum Gasteiger partial charge on any atom is 0.417 e. The summed E-state index contributed by atoms with van der Waals surface area (Å²) in [6.07, 6.45) is 18.5. The first kappa shape index (κ1) is 40.1. The van der Waals surface area contributed by atoms with Crippen LogP contribution in [-0.2, 0) is 32.1 Å². The summed E-state index contributed by atoms with van der Waals surface area (Å²) >= 11 is 0. The Labute approximate surface area is 271 Å². The summed E-state index contributed by atoms with van der Waals surface area (Å²) in [6, 6.07) is 5.68. The van der Waals surface area contributed by atoms with Crippen molar-refractivity contribution >= 4 is 18.1 Å². The molecular formula is C32H56IN3O6. The monoisotopic (exact) mass is 705 g/mol. The fraction of sp³-hybridized carbons (Fsp3) is 0.750. The summed E-state index contributed by atoms with van der Waals surface area (Å²) in [4.78, 5) is 37.4. The lowest BCUT2D eigenvalue weighted by molar-refractivity contribution is -0.704. The van der Waals surface area contributed by atoms with Crippen LogP contribution in [0, 0.1) is 0 Å². The largest absolute Gasteiger partial charge is 1.00 e. The van der Waals surface area contributed by atoms with E-state index in [1.54, 1.807) is 0 Å². The van der Waals surface area contributed by atoms with E-state index in [2.05, 4.69) is 19.2 Å². The predicted molar refractivity (Wildman–Crippen MR) is 160 cm³/mol. The number of hydrogen-bond acceptors (Lipinski definition) is 6. The van der Waals surface area contributed by atoms with E-state index in [0.717, 1.165) is 36.4 Å². The molecule has 0 aliphatic carbocycles. The molecule has 10 heteroatoms. The van der Waals surface area contributed by atoms with Crippen LogP contribution in [-0.4, -0.2) is 56.0 Å². The van der Waals surface area contributed by atoms with Gasteiger partial charge in [-0.25, -0.2) is 19.1 Å². The molecule has 0 radical (unpaired) electrons. The van der Waals surface area contributed by atoms with Crippen molar-refractivity contribution in [2.24, 2.45) is 0 Å². The van der Waals surface area contributed by atoms with Crippen molar-refractivity contribution in [3.63, 3.8) is 0 Å². The number of alkyl carbamates (subject to hydrolysis) is 1. The molecule has 1 rings (SSSR count). The Kier molecular flexibility index (Phi) is 26.6. The average Bonchev–Trinajstić information content (AvgIpc) is 2.96. The van der Waals surface area contributed by atoms with Gasteiger partial charge in [-0.05, 0) is 6.42 Å². The number of aromatic nitrogens is 1. The van der Waals surface area contributed by atoms with Crippen LogP contribution in [0.25, 0.3) is 0 Å². The van der Waals surface area contributed by atoms with Crippen molar-refractivity contribution in [3.05, 3.63) is 30.1 Å². The van der Waals surface area contributed by atoms with Gasteiger partial charge < -0.3 is 43.5 Å². The van der Waals surface area contributed by atoms with Crippen LogP contribution in [0.2, 0.25) is 0 Å². The van der Waals surface area contributed by atoms with Crippen molar-refractivity contribution in [1.82, 2.24) is 10.2 Å². The number of pyridine rings is 1. The van der Waals surface area contributed by atoms with Crippen molar-refractivity contribution in [1.29, 1.82) is 0 Å². The summed E-state index contributed by atoms with van der Waals surface area (Å²) in [5.41, 5.74) is 0.849. The molecular weight excluding hydrogens is 649 g/mol. The second-order valence-electron chi connectivity index (χ2n) is 10.5. The first-order valence-electron chi connectivity index (χ1n) is 15.9. The van der Waals surface area contributed by atoms with E-state index in [1.807, 2.05) is 29.0 Å². The highest BCUT2D eigenvalue weighted by atomic mass is 127. The zero-order valence-corrected chi connectivity index (χ0v) is 28.5. The maximum atomic E-state index is 12.5. The number of nitrogens with zero attached hydrogens (tertiary/aromatic N) is 2. The van der Waals surface area contributed by atoms with E-state index in [9.17, 15) is 14.4 Å². The number of nitrogens with one attached hydrogen (secondary N) is 1.